The second-order valence-corrected chi connectivity index (χ2v) is 7.36. The first-order chi connectivity index (χ1) is 8.65. The van der Waals surface area contributed by atoms with Crippen LogP contribution in [0.3, 0.4) is 0 Å². The first-order valence-electron chi connectivity index (χ1n) is 5.65. The zero-order chi connectivity index (χ0) is 13.1. The van der Waals surface area contributed by atoms with Crippen LogP contribution < -0.4 is 5.32 Å². The average Bonchev–Trinajstić information content (AvgIpc) is 2.40. The maximum Gasteiger partial charge on any atom is 0.145 e. The van der Waals surface area contributed by atoms with E-state index in [0.29, 0.717) is 4.47 Å². The molecule has 100 valence electrons. The maximum atomic E-state index is 14.1. The zero-order valence-electron chi connectivity index (χ0n) is 9.88. The van der Waals surface area contributed by atoms with Crippen LogP contribution in [0.4, 0.5) is 8.78 Å². The van der Waals surface area contributed by atoms with Gasteiger partial charge in [-0.1, -0.05) is 0 Å². The SMILES string of the molecule is CNC(c1c(F)ccc(Br)c1F)C1CSCCS1. The Balaban J connectivity index is 2.34. The number of benzene rings is 1. The molecule has 0 saturated carbocycles. The average molecular weight is 354 g/mol. The van der Waals surface area contributed by atoms with Crippen molar-refractivity contribution < 1.29 is 8.78 Å². The molecule has 18 heavy (non-hydrogen) atoms. The van der Waals surface area contributed by atoms with Gasteiger partial charge in [-0.05, 0) is 35.1 Å². The molecule has 6 heteroatoms. The normalized spacial score (nSPS) is 21.9. The van der Waals surface area contributed by atoms with Gasteiger partial charge < -0.3 is 5.32 Å². The minimum Gasteiger partial charge on any atom is -0.312 e. The van der Waals surface area contributed by atoms with E-state index in [1.807, 2.05) is 11.8 Å². The molecule has 2 unspecified atom stereocenters. The molecule has 0 aromatic heterocycles. The maximum absolute atomic E-state index is 14.1. The van der Waals surface area contributed by atoms with Crippen LogP contribution in [0.2, 0.25) is 0 Å². The molecule has 0 amide bonds. The van der Waals surface area contributed by atoms with E-state index in [0.717, 1.165) is 17.3 Å². The minimum atomic E-state index is -0.495. The number of nitrogens with one attached hydrogen (secondary N) is 1. The van der Waals surface area contributed by atoms with Crippen LogP contribution in [-0.2, 0) is 0 Å². The highest BCUT2D eigenvalue weighted by Gasteiger charge is 2.30. The van der Waals surface area contributed by atoms with Crippen molar-refractivity contribution in [2.24, 2.45) is 0 Å². The summed E-state index contributed by atoms with van der Waals surface area (Å²) in [5.41, 5.74) is 0.145. The largest absolute Gasteiger partial charge is 0.312 e. The zero-order valence-corrected chi connectivity index (χ0v) is 13.1. The van der Waals surface area contributed by atoms with Gasteiger partial charge in [0.15, 0.2) is 0 Å². The first kappa shape index (κ1) is 14.6. The quantitative estimate of drug-likeness (QED) is 0.829. The summed E-state index contributed by atoms with van der Waals surface area (Å²) in [5.74, 6) is 2.09. The van der Waals surface area contributed by atoms with E-state index in [1.54, 1.807) is 18.8 Å². The summed E-state index contributed by atoms with van der Waals surface area (Å²) in [6.45, 7) is 0. The van der Waals surface area contributed by atoms with Gasteiger partial charge in [0.2, 0.25) is 0 Å². The number of halogens is 3. The number of thioether (sulfide) groups is 2. The smallest absolute Gasteiger partial charge is 0.145 e. The Morgan fingerprint density at radius 2 is 2.17 bits per heavy atom. The van der Waals surface area contributed by atoms with Gasteiger partial charge in [0, 0.05) is 28.1 Å². The van der Waals surface area contributed by atoms with Crippen molar-refractivity contribution >= 4 is 39.5 Å². The fourth-order valence-electron chi connectivity index (χ4n) is 2.04. The molecule has 1 N–H and O–H groups in total. The van der Waals surface area contributed by atoms with Crippen molar-refractivity contribution in [2.75, 3.05) is 24.3 Å². The molecule has 0 spiro atoms. The van der Waals surface area contributed by atoms with E-state index < -0.39 is 11.6 Å². The van der Waals surface area contributed by atoms with Crippen molar-refractivity contribution in [2.45, 2.75) is 11.3 Å². The summed E-state index contributed by atoms with van der Waals surface area (Å²) in [7, 11) is 1.75. The molecule has 1 aromatic carbocycles. The second-order valence-electron chi connectivity index (χ2n) is 4.01. The third-order valence-corrected chi connectivity index (χ3v) is 6.39. The molecule has 2 atom stereocenters. The van der Waals surface area contributed by atoms with E-state index in [1.165, 1.54) is 12.1 Å². The Bertz CT molecular complexity index is 425. The van der Waals surface area contributed by atoms with E-state index in [9.17, 15) is 8.78 Å². The number of hydrogen-bond donors (Lipinski definition) is 1. The molecule has 1 saturated heterocycles. The molecule has 1 heterocycles. The van der Waals surface area contributed by atoms with Crippen LogP contribution in [0.5, 0.6) is 0 Å². The molecule has 0 aliphatic carbocycles. The standard InChI is InChI=1S/C12H14BrF2NS2/c1-16-12(9-6-17-4-5-18-9)10-8(14)3-2-7(13)11(10)15/h2-3,9,12,16H,4-6H2,1H3. The van der Waals surface area contributed by atoms with Crippen molar-refractivity contribution in [3.05, 3.63) is 33.8 Å². The van der Waals surface area contributed by atoms with Gasteiger partial charge in [-0.3, -0.25) is 0 Å². The van der Waals surface area contributed by atoms with Crippen molar-refractivity contribution in [3.8, 4) is 0 Å². The Hall–Kier alpha value is 0.220. The Morgan fingerprint density at radius 3 is 2.78 bits per heavy atom. The highest BCUT2D eigenvalue weighted by atomic mass is 79.9. The van der Waals surface area contributed by atoms with Gasteiger partial charge in [-0.15, -0.1) is 0 Å². The molecule has 1 aromatic rings. The van der Waals surface area contributed by atoms with Gasteiger partial charge in [-0.2, -0.15) is 23.5 Å². The van der Waals surface area contributed by atoms with Crippen LogP contribution >= 0.6 is 39.5 Å². The van der Waals surface area contributed by atoms with Gasteiger partial charge in [0.1, 0.15) is 11.6 Å². The molecule has 1 aliphatic rings. The molecule has 0 radical (unpaired) electrons. The Morgan fingerprint density at radius 1 is 1.39 bits per heavy atom. The fourth-order valence-corrected chi connectivity index (χ4v) is 5.28. The topological polar surface area (TPSA) is 12.0 Å². The molecule has 2 rings (SSSR count). The van der Waals surface area contributed by atoms with Crippen LogP contribution in [-0.4, -0.2) is 29.6 Å². The van der Waals surface area contributed by atoms with Gasteiger partial charge >= 0.3 is 0 Å². The van der Waals surface area contributed by atoms with Crippen molar-refractivity contribution in [1.82, 2.24) is 5.32 Å². The van der Waals surface area contributed by atoms with Crippen molar-refractivity contribution in [3.63, 3.8) is 0 Å². The summed E-state index contributed by atoms with van der Waals surface area (Å²) >= 11 is 6.74. The van der Waals surface area contributed by atoms with Crippen LogP contribution in [0.15, 0.2) is 16.6 Å². The molecule has 1 aliphatic heterocycles. The summed E-state index contributed by atoms with van der Waals surface area (Å²) in [4.78, 5) is 0. The number of hydrogen-bond acceptors (Lipinski definition) is 3. The van der Waals surface area contributed by atoms with E-state index in [2.05, 4.69) is 21.2 Å². The van der Waals surface area contributed by atoms with Gasteiger partial charge in [0.05, 0.1) is 10.5 Å². The van der Waals surface area contributed by atoms with Gasteiger partial charge in [-0.25, -0.2) is 8.78 Å². The lowest BCUT2D eigenvalue weighted by Gasteiger charge is -2.30. The highest BCUT2D eigenvalue weighted by Crippen LogP contribution is 2.36. The Labute approximate surface area is 123 Å². The Kier molecular flexibility index (Phi) is 5.35. The second kappa shape index (κ2) is 6.59. The number of rotatable bonds is 3. The predicted molar refractivity (Wildman–Crippen MR) is 79.4 cm³/mol. The first-order valence-corrected chi connectivity index (χ1v) is 8.64. The summed E-state index contributed by atoms with van der Waals surface area (Å²) < 4.78 is 28.3. The molecular weight excluding hydrogens is 340 g/mol. The van der Waals surface area contributed by atoms with Crippen LogP contribution in [0, 0.1) is 11.6 Å². The van der Waals surface area contributed by atoms with Gasteiger partial charge in [0.25, 0.3) is 0 Å². The van der Waals surface area contributed by atoms with E-state index in [-0.39, 0.29) is 16.9 Å². The summed E-state index contributed by atoms with van der Waals surface area (Å²) in [6.07, 6.45) is 0. The lowest BCUT2D eigenvalue weighted by atomic mass is 10.0. The third kappa shape index (κ3) is 3.03. The van der Waals surface area contributed by atoms with Crippen LogP contribution in [0.25, 0.3) is 0 Å². The molecule has 1 nitrogen and oxygen atoms in total. The highest BCUT2D eigenvalue weighted by molar-refractivity contribution is 9.10. The summed E-state index contributed by atoms with van der Waals surface area (Å²) in [6, 6.07) is 2.43. The van der Waals surface area contributed by atoms with E-state index >= 15 is 0 Å². The molecule has 0 bridgehead atoms. The third-order valence-electron chi connectivity index (χ3n) is 2.91. The lowest BCUT2D eigenvalue weighted by Crippen LogP contribution is -2.33. The molecule has 1 fully saturated rings. The van der Waals surface area contributed by atoms with E-state index in [4.69, 9.17) is 0 Å². The summed E-state index contributed by atoms with van der Waals surface area (Å²) in [5, 5.41) is 3.26. The molecular formula is C12H14BrF2NS2. The lowest BCUT2D eigenvalue weighted by molar-refractivity contribution is 0.487. The van der Waals surface area contributed by atoms with Crippen LogP contribution in [0.1, 0.15) is 11.6 Å². The minimum absolute atomic E-state index is 0.145. The fraction of sp³-hybridized carbons (Fsp3) is 0.500. The predicted octanol–water partition coefficient (Wildman–Crippen LogP) is 3.84. The van der Waals surface area contributed by atoms with Crippen molar-refractivity contribution in [1.29, 1.82) is 0 Å². The monoisotopic (exact) mass is 353 g/mol.